The summed E-state index contributed by atoms with van der Waals surface area (Å²) in [4.78, 5) is 6.51. The molecule has 2 rings (SSSR count). The zero-order valence-corrected chi connectivity index (χ0v) is 11.7. The third-order valence-corrected chi connectivity index (χ3v) is 3.68. The van der Waals surface area contributed by atoms with E-state index in [1.54, 1.807) is 20.4 Å². The number of methoxy groups -OCH3 is 2. The van der Waals surface area contributed by atoms with E-state index in [9.17, 15) is 5.11 Å². The molecule has 0 aromatic carbocycles. The molecule has 0 bridgehead atoms. The summed E-state index contributed by atoms with van der Waals surface area (Å²) in [6.07, 6.45) is 2.18. The topological polar surface area (TPSA) is 54.8 Å². The Morgan fingerprint density at radius 1 is 1.32 bits per heavy atom. The summed E-state index contributed by atoms with van der Waals surface area (Å²) in [5, 5.41) is 9.73. The average Bonchev–Trinajstić information content (AvgIpc) is 2.89. The Kier molecular flexibility index (Phi) is 4.74. The van der Waals surface area contributed by atoms with Crippen molar-refractivity contribution >= 4 is 5.69 Å². The lowest BCUT2D eigenvalue weighted by Crippen LogP contribution is -2.27. The van der Waals surface area contributed by atoms with E-state index in [0.717, 1.165) is 24.5 Å². The van der Waals surface area contributed by atoms with Crippen molar-refractivity contribution in [3.63, 3.8) is 0 Å². The normalized spacial score (nSPS) is 24.7. The third kappa shape index (κ3) is 3.05. The number of aromatic nitrogens is 1. The summed E-state index contributed by atoms with van der Waals surface area (Å²) in [6.45, 7) is 3.53. The minimum atomic E-state index is -0.480. The summed E-state index contributed by atoms with van der Waals surface area (Å²) in [5.74, 6) is 0. The number of pyridine rings is 1. The molecule has 0 saturated carbocycles. The molecule has 19 heavy (non-hydrogen) atoms. The van der Waals surface area contributed by atoms with Crippen molar-refractivity contribution in [3.05, 3.63) is 24.0 Å². The molecule has 106 valence electrons. The van der Waals surface area contributed by atoms with Crippen LogP contribution in [0.25, 0.3) is 0 Å². The molecule has 1 aliphatic rings. The molecule has 1 saturated heterocycles. The molecular weight excluding hydrogens is 244 g/mol. The number of rotatable bonds is 5. The summed E-state index contributed by atoms with van der Waals surface area (Å²) in [7, 11) is 3.41. The van der Waals surface area contributed by atoms with Crippen molar-refractivity contribution in [3.8, 4) is 0 Å². The number of anilines is 1. The fraction of sp³-hybridized carbons (Fsp3) is 0.643. The van der Waals surface area contributed by atoms with Gasteiger partial charge in [0, 0.05) is 27.3 Å². The van der Waals surface area contributed by atoms with Crippen molar-refractivity contribution in [2.45, 2.75) is 31.7 Å². The largest absolute Gasteiger partial charge is 0.387 e. The summed E-state index contributed by atoms with van der Waals surface area (Å²) in [5.41, 5.74) is 1.76. The number of aliphatic hydroxyl groups excluding tert-OH is 1. The quantitative estimate of drug-likeness (QED) is 0.872. The number of hydrogen-bond acceptors (Lipinski definition) is 5. The van der Waals surface area contributed by atoms with Crippen LogP contribution in [0.15, 0.2) is 18.3 Å². The van der Waals surface area contributed by atoms with E-state index in [2.05, 4.69) is 9.88 Å². The van der Waals surface area contributed by atoms with Crippen LogP contribution in [0.3, 0.4) is 0 Å². The van der Waals surface area contributed by atoms with E-state index >= 15 is 0 Å². The molecule has 1 fully saturated rings. The third-order valence-electron chi connectivity index (χ3n) is 3.68. The molecule has 3 atom stereocenters. The second kappa shape index (κ2) is 6.32. The molecule has 0 amide bonds. The van der Waals surface area contributed by atoms with E-state index in [1.165, 1.54) is 0 Å². The Hall–Kier alpha value is -1.17. The molecule has 0 spiro atoms. The van der Waals surface area contributed by atoms with Crippen LogP contribution in [0.1, 0.15) is 25.1 Å². The Labute approximate surface area is 114 Å². The van der Waals surface area contributed by atoms with Crippen LogP contribution in [-0.4, -0.2) is 49.6 Å². The Morgan fingerprint density at radius 3 is 2.37 bits per heavy atom. The van der Waals surface area contributed by atoms with Crippen molar-refractivity contribution in [2.24, 2.45) is 0 Å². The van der Waals surface area contributed by atoms with Crippen LogP contribution in [0.4, 0.5) is 5.69 Å². The second-order valence-electron chi connectivity index (χ2n) is 4.82. The van der Waals surface area contributed by atoms with Crippen molar-refractivity contribution < 1.29 is 14.6 Å². The number of ether oxygens (including phenoxy) is 2. The maximum atomic E-state index is 9.73. The van der Waals surface area contributed by atoms with E-state index in [1.807, 2.05) is 19.1 Å². The van der Waals surface area contributed by atoms with E-state index in [-0.39, 0.29) is 12.2 Å². The Morgan fingerprint density at radius 2 is 1.95 bits per heavy atom. The molecule has 1 N–H and O–H groups in total. The van der Waals surface area contributed by atoms with E-state index < -0.39 is 6.10 Å². The highest BCUT2D eigenvalue weighted by atomic mass is 16.5. The summed E-state index contributed by atoms with van der Waals surface area (Å²) in [6, 6.07) is 3.87. The molecule has 1 aromatic heterocycles. The fourth-order valence-electron chi connectivity index (χ4n) is 2.40. The maximum Gasteiger partial charge on any atom is 0.102 e. The highest BCUT2D eigenvalue weighted by Gasteiger charge is 2.33. The average molecular weight is 266 g/mol. The number of aliphatic hydroxyl groups is 1. The molecule has 5 heteroatoms. The monoisotopic (exact) mass is 266 g/mol. The van der Waals surface area contributed by atoms with Crippen molar-refractivity contribution in [1.29, 1.82) is 0 Å². The van der Waals surface area contributed by atoms with Gasteiger partial charge in [-0.3, -0.25) is 4.98 Å². The van der Waals surface area contributed by atoms with Crippen LogP contribution in [0.5, 0.6) is 0 Å². The first kappa shape index (κ1) is 14.2. The van der Waals surface area contributed by atoms with Gasteiger partial charge in [0.25, 0.3) is 0 Å². The predicted molar refractivity (Wildman–Crippen MR) is 73.3 cm³/mol. The second-order valence-corrected chi connectivity index (χ2v) is 4.82. The zero-order valence-electron chi connectivity index (χ0n) is 11.7. The lowest BCUT2D eigenvalue weighted by molar-refractivity contribution is -0.00461. The highest BCUT2D eigenvalue weighted by Crippen LogP contribution is 2.24. The predicted octanol–water partition coefficient (Wildman–Crippen LogP) is 1.38. The standard InChI is InChI=1S/C14H22N2O3/c1-4-12(17)11-6-5-10(7-15-11)16-8-13(18-2)14(9-16)19-3/h5-7,12-14,17H,4,8-9H2,1-3H3/t12-,13?,14?/m0/s1. The lowest BCUT2D eigenvalue weighted by atomic mass is 10.2. The van der Waals surface area contributed by atoms with Gasteiger partial charge < -0.3 is 19.5 Å². The highest BCUT2D eigenvalue weighted by molar-refractivity contribution is 5.46. The Balaban J connectivity index is 2.07. The minimum absolute atomic E-state index is 0.0888. The molecule has 0 aliphatic carbocycles. The Bertz CT molecular complexity index is 384. The van der Waals surface area contributed by atoms with Crippen molar-refractivity contribution in [1.82, 2.24) is 4.98 Å². The molecule has 1 aromatic rings. The van der Waals surface area contributed by atoms with Gasteiger partial charge in [0.15, 0.2) is 0 Å². The zero-order chi connectivity index (χ0) is 13.8. The van der Waals surface area contributed by atoms with Crippen LogP contribution in [-0.2, 0) is 9.47 Å². The van der Waals surface area contributed by atoms with E-state index in [4.69, 9.17) is 9.47 Å². The molecule has 0 radical (unpaired) electrons. The fourth-order valence-corrected chi connectivity index (χ4v) is 2.40. The first-order chi connectivity index (χ1) is 9.19. The van der Waals surface area contributed by atoms with E-state index in [0.29, 0.717) is 6.42 Å². The summed E-state index contributed by atoms with van der Waals surface area (Å²) >= 11 is 0. The minimum Gasteiger partial charge on any atom is -0.387 e. The van der Waals surface area contributed by atoms with Gasteiger partial charge in [-0.15, -0.1) is 0 Å². The number of hydrogen-bond donors (Lipinski definition) is 1. The molecule has 2 unspecified atom stereocenters. The van der Waals surface area contributed by atoms with Gasteiger partial charge in [-0.05, 0) is 18.6 Å². The number of nitrogens with zero attached hydrogens (tertiary/aromatic N) is 2. The van der Waals surface area contributed by atoms with Gasteiger partial charge in [0.2, 0.25) is 0 Å². The maximum absolute atomic E-state index is 9.73. The van der Waals surface area contributed by atoms with Gasteiger partial charge in [0.1, 0.15) is 12.2 Å². The van der Waals surface area contributed by atoms with Gasteiger partial charge in [0.05, 0.1) is 23.7 Å². The molecule has 2 heterocycles. The first-order valence-electron chi connectivity index (χ1n) is 6.64. The van der Waals surface area contributed by atoms with Gasteiger partial charge in [-0.2, -0.15) is 0 Å². The lowest BCUT2D eigenvalue weighted by Gasteiger charge is -2.18. The van der Waals surface area contributed by atoms with Crippen LogP contribution in [0, 0.1) is 0 Å². The smallest absolute Gasteiger partial charge is 0.102 e. The van der Waals surface area contributed by atoms with Crippen LogP contribution < -0.4 is 4.90 Å². The molecular formula is C14H22N2O3. The first-order valence-corrected chi connectivity index (χ1v) is 6.64. The molecule has 5 nitrogen and oxygen atoms in total. The van der Waals surface area contributed by atoms with Crippen LogP contribution in [0.2, 0.25) is 0 Å². The van der Waals surface area contributed by atoms with Gasteiger partial charge >= 0.3 is 0 Å². The van der Waals surface area contributed by atoms with Crippen LogP contribution >= 0.6 is 0 Å². The summed E-state index contributed by atoms with van der Waals surface area (Å²) < 4.78 is 10.8. The van der Waals surface area contributed by atoms with Crippen molar-refractivity contribution in [2.75, 3.05) is 32.2 Å². The van der Waals surface area contributed by atoms with Gasteiger partial charge in [-0.25, -0.2) is 0 Å². The van der Waals surface area contributed by atoms with Gasteiger partial charge in [-0.1, -0.05) is 6.92 Å². The molecule has 1 aliphatic heterocycles. The SMILES string of the molecule is CC[C@H](O)c1ccc(N2CC(OC)C(OC)C2)cn1.